The summed E-state index contributed by atoms with van der Waals surface area (Å²) >= 11 is 0. The van der Waals surface area contributed by atoms with E-state index in [1.165, 1.54) is 77.5 Å². The van der Waals surface area contributed by atoms with Crippen LogP contribution < -0.4 is 24.3 Å². The number of aromatic nitrogens is 2. The van der Waals surface area contributed by atoms with E-state index in [9.17, 15) is 0 Å². The highest BCUT2D eigenvalue weighted by atomic mass is 33.1. The lowest BCUT2D eigenvalue weighted by molar-refractivity contribution is -0.890. The maximum atomic E-state index is 3.65. The zero-order valence-corrected chi connectivity index (χ0v) is 35.6. The van der Waals surface area contributed by atoms with Crippen LogP contribution in [0, 0.1) is 0 Å². The average Bonchev–Trinajstić information content (AvgIpc) is 3.20. The van der Waals surface area contributed by atoms with Crippen molar-refractivity contribution in [1.29, 1.82) is 0 Å². The van der Waals surface area contributed by atoms with Crippen LogP contribution in [0.5, 0.6) is 0 Å². The molecule has 8 heteroatoms. The van der Waals surface area contributed by atoms with Crippen molar-refractivity contribution in [3.8, 4) is 0 Å². The van der Waals surface area contributed by atoms with Gasteiger partial charge in [0, 0.05) is 87.2 Å². The lowest BCUT2D eigenvalue weighted by Gasteiger charge is -2.31. The van der Waals surface area contributed by atoms with E-state index in [1.807, 2.05) is 10.8 Å². The quantitative estimate of drug-likeness (QED) is 0.0315. The van der Waals surface area contributed by atoms with Gasteiger partial charge in [-0.2, -0.15) is 0 Å². The monoisotopic (exact) mass is 767 g/mol. The smallest absolute Gasteiger partial charge is 0.169 e. The summed E-state index contributed by atoms with van der Waals surface area (Å²) in [5.41, 5.74) is 7.47. The van der Waals surface area contributed by atoms with Crippen LogP contribution in [-0.4, -0.2) is 83.4 Å². The number of nitrogens with zero attached hydrogens (tertiary/aromatic N) is 5. The fourth-order valence-electron chi connectivity index (χ4n) is 6.24. The van der Waals surface area contributed by atoms with E-state index in [1.54, 1.807) is 0 Å². The number of nitrogens with one attached hydrogen (secondary N) is 1. The van der Waals surface area contributed by atoms with Gasteiger partial charge in [-0.1, -0.05) is 70.2 Å². The molecule has 2 heterocycles. The van der Waals surface area contributed by atoms with Gasteiger partial charge in [-0.25, -0.2) is 9.13 Å². The molecule has 0 radical (unpaired) electrons. The van der Waals surface area contributed by atoms with Gasteiger partial charge in [0.15, 0.2) is 24.8 Å². The zero-order chi connectivity index (χ0) is 38.4. The summed E-state index contributed by atoms with van der Waals surface area (Å²) < 4.78 is 5.45. The van der Waals surface area contributed by atoms with Crippen LogP contribution in [0.25, 0.3) is 24.3 Å². The Bertz CT molecular complexity index is 1650. The van der Waals surface area contributed by atoms with Crippen LogP contribution in [0.2, 0.25) is 0 Å². The fraction of sp³-hybridized carbons (Fsp3) is 0.435. The Morgan fingerprint density at radius 3 is 1.39 bits per heavy atom. The van der Waals surface area contributed by atoms with Crippen molar-refractivity contribution in [3.05, 3.63) is 120 Å². The number of benzene rings is 2. The van der Waals surface area contributed by atoms with Gasteiger partial charge in [0.1, 0.15) is 13.1 Å². The van der Waals surface area contributed by atoms with Crippen LogP contribution in [0.4, 0.5) is 11.4 Å². The second-order valence-electron chi connectivity index (χ2n) is 14.8. The highest BCUT2D eigenvalue weighted by molar-refractivity contribution is 8.76. The van der Waals surface area contributed by atoms with Gasteiger partial charge in [0.05, 0.1) is 27.2 Å². The van der Waals surface area contributed by atoms with Gasteiger partial charge >= 0.3 is 0 Å². The molecule has 290 valence electrons. The maximum absolute atomic E-state index is 3.65. The first-order chi connectivity index (χ1) is 26.2. The third kappa shape index (κ3) is 16.4. The van der Waals surface area contributed by atoms with E-state index in [4.69, 9.17) is 0 Å². The number of anilines is 2. The molecule has 4 aromatic rings. The molecule has 0 spiro atoms. The third-order valence-corrected chi connectivity index (χ3v) is 12.5. The van der Waals surface area contributed by atoms with E-state index in [0.29, 0.717) is 0 Å². The van der Waals surface area contributed by atoms with Gasteiger partial charge in [0.2, 0.25) is 0 Å². The molecule has 0 aliphatic rings. The molecular weight excluding hydrogens is 701 g/mol. The van der Waals surface area contributed by atoms with Gasteiger partial charge in [-0.05, 0) is 86.3 Å². The van der Waals surface area contributed by atoms with Crippen molar-refractivity contribution in [1.82, 2.24) is 5.32 Å². The molecule has 0 saturated heterocycles. The second kappa shape index (κ2) is 24.1. The Hall–Kier alpha value is -3.56. The Balaban J connectivity index is 0.968. The summed E-state index contributed by atoms with van der Waals surface area (Å²) in [7, 11) is 13.3. The first kappa shape index (κ1) is 43.2. The molecule has 0 unspecified atom stereocenters. The minimum atomic E-state index is 0.999. The Labute approximate surface area is 336 Å². The summed E-state index contributed by atoms with van der Waals surface area (Å²) in [5, 5.41) is 3.65. The molecule has 0 bridgehead atoms. The average molecular weight is 768 g/mol. The molecule has 54 heavy (non-hydrogen) atoms. The summed E-state index contributed by atoms with van der Waals surface area (Å²) in [6, 6.07) is 26.4. The molecule has 2 aromatic heterocycles. The van der Waals surface area contributed by atoms with E-state index < -0.39 is 0 Å². The Kier molecular flexibility index (Phi) is 19.2. The van der Waals surface area contributed by atoms with Crippen molar-refractivity contribution in [2.75, 3.05) is 88.8 Å². The normalized spacial score (nSPS) is 11.9. The van der Waals surface area contributed by atoms with Gasteiger partial charge in [0.25, 0.3) is 0 Å². The summed E-state index contributed by atoms with van der Waals surface area (Å²) in [5.74, 6) is 2.45. The van der Waals surface area contributed by atoms with Crippen molar-refractivity contribution in [2.45, 2.75) is 52.6 Å². The SMILES string of the molecule is CC[n+]1ccc(/C=C/c2ccc(N(C)CCCNCCCSSCCC[N+](C)(C)CCCN(C)c3ccc(/C=C/c4cc[n+](CC)cc4)cc3)cc2)cc1. The zero-order valence-electron chi connectivity index (χ0n) is 34.0. The van der Waals surface area contributed by atoms with Crippen LogP contribution >= 0.6 is 21.6 Å². The van der Waals surface area contributed by atoms with Gasteiger partial charge in [-0.3, -0.25) is 0 Å². The van der Waals surface area contributed by atoms with Gasteiger partial charge < -0.3 is 19.6 Å². The predicted octanol–water partition coefficient (Wildman–Crippen LogP) is 8.82. The molecule has 0 saturated carbocycles. The number of hydrogen-bond acceptors (Lipinski definition) is 5. The highest BCUT2D eigenvalue weighted by Crippen LogP contribution is 2.23. The minimum absolute atomic E-state index is 0.999. The van der Waals surface area contributed by atoms with Crippen LogP contribution in [0.15, 0.2) is 97.6 Å². The van der Waals surface area contributed by atoms with Crippen molar-refractivity contribution in [3.63, 3.8) is 0 Å². The van der Waals surface area contributed by atoms with E-state index in [0.717, 1.165) is 50.2 Å². The van der Waals surface area contributed by atoms with Crippen LogP contribution in [0.3, 0.4) is 0 Å². The molecule has 0 aliphatic heterocycles. The minimum Gasteiger partial charge on any atom is -0.375 e. The number of pyridine rings is 2. The molecular formula is C46H67N6S2+3. The Morgan fingerprint density at radius 2 is 0.926 bits per heavy atom. The molecule has 4 rings (SSSR count). The number of aryl methyl sites for hydroxylation is 2. The van der Waals surface area contributed by atoms with Crippen LogP contribution in [0.1, 0.15) is 61.8 Å². The van der Waals surface area contributed by atoms with E-state index in [-0.39, 0.29) is 0 Å². The lowest BCUT2D eigenvalue weighted by atomic mass is 10.1. The lowest BCUT2D eigenvalue weighted by Crippen LogP contribution is -2.42. The summed E-state index contributed by atoms with van der Waals surface area (Å²) in [6.07, 6.45) is 22.1. The topological polar surface area (TPSA) is 26.3 Å². The number of quaternary nitrogens is 1. The highest BCUT2D eigenvalue weighted by Gasteiger charge is 2.15. The fourth-order valence-corrected chi connectivity index (χ4v) is 8.40. The van der Waals surface area contributed by atoms with Gasteiger partial charge in [-0.15, -0.1) is 0 Å². The standard InChI is InChI=1S/C46H67N6S2/c1-7-50-33-25-43(26-34-50)15-13-41-17-21-45(22-18-41)48(3)31-9-29-47-30-10-39-53-54-40-12-38-52(5,6)37-11-32-49(4)46-23-19-42(20-24-46)14-16-44-27-35-51(8-2)36-28-44/h13-28,33-36,47H,7-12,29-32,37-40H2,1-6H3/q+3. The van der Waals surface area contributed by atoms with Crippen molar-refractivity contribution >= 4 is 57.3 Å². The van der Waals surface area contributed by atoms with Crippen molar-refractivity contribution < 1.29 is 13.6 Å². The maximum Gasteiger partial charge on any atom is 0.169 e. The predicted molar refractivity (Wildman–Crippen MR) is 240 cm³/mol. The first-order valence-electron chi connectivity index (χ1n) is 20.0. The third-order valence-electron chi connectivity index (χ3n) is 9.93. The largest absolute Gasteiger partial charge is 0.375 e. The molecule has 0 atom stereocenters. The number of rotatable bonds is 25. The van der Waals surface area contributed by atoms with Crippen LogP contribution in [-0.2, 0) is 13.1 Å². The second-order valence-corrected chi connectivity index (χ2v) is 17.5. The first-order valence-corrected chi connectivity index (χ1v) is 22.5. The van der Waals surface area contributed by atoms with E-state index >= 15 is 0 Å². The molecule has 0 fully saturated rings. The molecule has 6 nitrogen and oxygen atoms in total. The summed E-state index contributed by atoms with van der Waals surface area (Å²) in [6.45, 7) is 13.1. The molecule has 1 N–H and O–H groups in total. The van der Waals surface area contributed by atoms with Crippen molar-refractivity contribution in [2.24, 2.45) is 0 Å². The molecule has 2 aromatic carbocycles. The molecule has 0 amide bonds. The van der Waals surface area contributed by atoms with E-state index in [2.05, 4.69) is 199 Å². The molecule has 0 aliphatic carbocycles. The number of hydrogen-bond donors (Lipinski definition) is 1. The summed E-state index contributed by atoms with van der Waals surface area (Å²) in [4.78, 5) is 4.74. The Morgan fingerprint density at radius 1 is 0.537 bits per heavy atom.